The van der Waals surface area contributed by atoms with Crippen LogP contribution in [0.3, 0.4) is 0 Å². The molecule has 2 aromatic rings. The fourth-order valence-electron chi connectivity index (χ4n) is 3.51. The Morgan fingerprint density at radius 3 is 2.28 bits per heavy atom. The SMILES string of the molecule is O=C(O)C1(Cc2cccc(OCCCOc3cccc(CCO)c3)c2)CCCO1. The molecule has 0 saturated carbocycles. The van der Waals surface area contributed by atoms with Crippen molar-refractivity contribution < 1.29 is 29.2 Å². The monoisotopic (exact) mass is 400 g/mol. The second kappa shape index (κ2) is 10.3. The standard InChI is InChI=1S/C23H28O6/c24-11-9-18-5-1-7-20(15-18)27-12-4-13-28-21-8-2-6-19(16-21)17-23(22(25)26)10-3-14-29-23/h1-2,5-8,15-16,24H,3-4,9-14,17H2,(H,25,26). The van der Waals surface area contributed by atoms with Gasteiger partial charge in [0, 0.05) is 26.1 Å². The number of carbonyl (C=O) groups is 1. The van der Waals surface area contributed by atoms with Crippen molar-refractivity contribution in [3.8, 4) is 11.5 Å². The number of aliphatic hydroxyl groups excluding tert-OH is 1. The maximum absolute atomic E-state index is 11.6. The van der Waals surface area contributed by atoms with Gasteiger partial charge in [0.25, 0.3) is 0 Å². The molecule has 0 radical (unpaired) electrons. The summed E-state index contributed by atoms with van der Waals surface area (Å²) in [5.74, 6) is 0.598. The highest BCUT2D eigenvalue weighted by Crippen LogP contribution is 2.31. The maximum atomic E-state index is 11.6. The van der Waals surface area contributed by atoms with Crippen molar-refractivity contribution in [1.29, 1.82) is 0 Å². The number of ether oxygens (including phenoxy) is 3. The van der Waals surface area contributed by atoms with E-state index >= 15 is 0 Å². The van der Waals surface area contributed by atoms with Gasteiger partial charge < -0.3 is 24.4 Å². The third kappa shape index (κ3) is 5.95. The molecule has 0 bridgehead atoms. The highest BCUT2D eigenvalue weighted by atomic mass is 16.5. The summed E-state index contributed by atoms with van der Waals surface area (Å²) in [4.78, 5) is 11.6. The van der Waals surface area contributed by atoms with E-state index < -0.39 is 11.6 Å². The normalized spacial score (nSPS) is 18.5. The predicted molar refractivity (Wildman–Crippen MR) is 109 cm³/mol. The molecule has 2 aromatic carbocycles. The molecule has 3 rings (SSSR count). The number of hydrogen-bond donors (Lipinski definition) is 2. The van der Waals surface area contributed by atoms with Crippen LogP contribution in [0, 0.1) is 0 Å². The lowest BCUT2D eigenvalue weighted by Gasteiger charge is -2.23. The van der Waals surface area contributed by atoms with Crippen LogP contribution in [-0.4, -0.2) is 48.2 Å². The number of benzene rings is 2. The van der Waals surface area contributed by atoms with E-state index in [2.05, 4.69) is 0 Å². The minimum Gasteiger partial charge on any atom is -0.493 e. The van der Waals surface area contributed by atoms with E-state index in [1.165, 1.54) is 0 Å². The van der Waals surface area contributed by atoms with Crippen LogP contribution in [0.25, 0.3) is 0 Å². The van der Waals surface area contributed by atoms with Gasteiger partial charge in [0.05, 0.1) is 13.2 Å². The Balaban J connectivity index is 1.45. The first-order valence-electron chi connectivity index (χ1n) is 10.0. The highest BCUT2D eigenvalue weighted by molar-refractivity contribution is 5.78. The van der Waals surface area contributed by atoms with Crippen LogP contribution >= 0.6 is 0 Å². The van der Waals surface area contributed by atoms with Gasteiger partial charge >= 0.3 is 5.97 Å². The molecule has 1 aliphatic heterocycles. The highest BCUT2D eigenvalue weighted by Gasteiger charge is 2.42. The topological polar surface area (TPSA) is 85.2 Å². The summed E-state index contributed by atoms with van der Waals surface area (Å²) in [6, 6.07) is 15.2. The molecule has 1 fully saturated rings. The van der Waals surface area contributed by atoms with Crippen molar-refractivity contribution in [1.82, 2.24) is 0 Å². The minimum atomic E-state index is -1.11. The smallest absolute Gasteiger partial charge is 0.336 e. The van der Waals surface area contributed by atoms with Crippen molar-refractivity contribution >= 4 is 5.97 Å². The quantitative estimate of drug-likeness (QED) is 0.563. The van der Waals surface area contributed by atoms with Crippen LogP contribution in [0.2, 0.25) is 0 Å². The van der Waals surface area contributed by atoms with Crippen LogP contribution < -0.4 is 9.47 Å². The molecule has 0 aliphatic carbocycles. The second-order valence-electron chi connectivity index (χ2n) is 7.25. The molecule has 29 heavy (non-hydrogen) atoms. The first-order chi connectivity index (χ1) is 14.1. The van der Waals surface area contributed by atoms with Gasteiger partial charge in [-0.3, -0.25) is 0 Å². The van der Waals surface area contributed by atoms with Gasteiger partial charge in [-0.2, -0.15) is 0 Å². The molecule has 6 nitrogen and oxygen atoms in total. The third-order valence-corrected chi connectivity index (χ3v) is 5.01. The average Bonchev–Trinajstić information content (AvgIpc) is 3.19. The van der Waals surface area contributed by atoms with Crippen molar-refractivity contribution in [2.45, 2.75) is 37.7 Å². The zero-order valence-corrected chi connectivity index (χ0v) is 16.5. The number of aliphatic carboxylic acids is 1. The van der Waals surface area contributed by atoms with Crippen molar-refractivity contribution in [3.05, 3.63) is 59.7 Å². The second-order valence-corrected chi connectivity index (χ2v) is 7.25. The molecule has 156 valence electrons. The van der Waals surface area contributed by atoms with Crippen LogP contribution in [0.1, 0.15) is 30.4 Å². The number of carboxylic acid groups (broad SMARTS) is 1. The first kappa shape index (κ1) is 21.1. The van der Waals surface area contributed by atoms with Gasteiger partial charge in [-0.05, 0) is 54.7 Å². The molecule has 2 N–H and O–H groups in total. The van der Waals surface area contributed by atoms with E-state index in [1.54, 1.807) is 0 Å². The van der Waals surface area contributed by atoms with Crippen LogP contribution in [0.15, 0.2) is 48.5 Å². The summed E-state index contributed by atoms with van der Waals surface area (Å²) < 4.78 is 17.1. The lowest BCUT2D eigenvalue weighted by atomic mass is 9.91. The van der Waals surface area contributed by atoms with Gasteiger partial charge in [0.15, 0.2) is 5.60 Å². The van der Waals surface area contributed by atoms with Crippen molar-refractivity contribution in [2.24, 2.45) is 0 Å². The van der Waals surface area contributed by atoms with Crippen molar-refractivity contribution in [2.75, 3.05) is 26.4 Å². The Kier molecular flexibility index (Phi) is 7.49. The maximum Gasteiger partial charge on any atom is 0.336 e. The van der Waals surface area contributed by atoms with Crippen molar-refractivity contribution in [3.63, 3.8) is 0 Å². The van der Waals surface area contributed by atoms with Crippen LogP contribution in [0.5, 0.6) is 11.5 Å². The lowest BCUT2D eigenvalue weighted by molar-refractivity contribution is -0.159. The molecule has 1 unspecified atom stereocenters. The summed E-state index contributed by atoms with van der Waals surface area (Å²) in [5.41, 5.74) is 0.823. The molecule has 0 aromatic heterocycles. The molecule has 1 aliphatic rings. The zero-order valence-electron chi connectivity index (χ0n) is 16.5. The lowest BCUT2D eigenvalue weighted by Crippen LogP contribution is -2.40. The number of carboxylic acids is 1. The Morgan fingerprint density at radius 2 is 1.69 bits per heavy atom. The summed E-state index contributed by atoms with van der Waals surface area (Å²) in [6.45, 7) is 1.64. The van der Waals surface area contributed by atoms with E-state index in [0.29, 0.717) is 44.8 Å². The van der Waals surface area contributed by atoms with Gasteiger partial charge in [0.1, 0.15) is 11.5 Å². The Labute approximate surface area is 171 Å². The number of rotatable bonds is 11. The zero-order chi connectivity index (χ0) is 20.5. The van der Waals surface area contributed by atoms with E-state index in [-0.39, 0.29) is 6.61 Å². The number of hydrogen-bond acceptors (Lipinski definition) is 5. The van der Waals surface area contributed by atoms with Gasteiger partial charge in [-0.15, -0.1) is 0 Å². The minimum absolute atomic E-state index is 0.121. The van der Waals surface area contributed by atoms with Crippen LogP contribution in [0.4, 0.5) is 0 Å². The van der Waals surface area contributed by atoms with E-state index in [4.69, 9.17) is 19.3 Å². The van der Waals surface area contributed by atoms with Crippen LogP contribution in [-0.2, 0) is 22.4 Å². The molecule has 0 amide bonds. The van der Waals surface area contributed by atoms with E-state index in [1.807, 2.05) is 48.5 Å². The van der Waals surface area contributed by atoms with Gasteiger partial charge in [-0.25, -0.2) is 4.79 Å². The molecule has 1 atom stereocenters. The molecule has 6 heteroatoms. The molecular weight excluding hydrogens is 372 g/mol. The third-order valence-electron chi connectivity index (χ3n) is 5.01. The van der Waals surface area contributed by atoms with Gasteiger partial charge in [0.2, 0.25) is 0 Å². The Bertz CT molecular complexity index is 797. The van der Waals surface area contributed by atoms with E-state index in [9.17, 15) is 9.90 Å². The molecule has 0 spiro atoms. The van der Waals surface area contributed by atoms with E-state index in [0.717, 1.165) is 29.7 Å². The summed E-state index contributed by atoms with van der Waals surface area (Å²) >= 11 is 0. The summed E-state index contributed by atoms with van der Waals surface area (Å²) in [5, 5.41) is 18.6. The average molecular weight is 400 g/mol. The Morgan fingerprint density at radius 1 is 1.03 bits per heavy atom. The summed E-state index contributed by atoms with van der Waals surface area (Å²) in [6.07, 6.45) is 2.98. The fraction of sp³-hybridized carbons (Fsp3) is 0.435. The van der Waals surface area contributed by atoms with Gasteiger partial charge in [-0.1, -0.05) is 24.3 Å². The number of aliphatic hydroxyl groups is 1. The molecule has 1 heterocycles. The summed E-state index contributed by atoms with van der Waals surface area (Å²) in [7, 11) is 0. The first-order valence-corrected chi connectivity index (χ1v) is 10.0. The predicted octanol–water partition coefficient (Wildman–Crippen LogP) is 3.25. The molecular formula is C23H28O6. The largest absolute Gasteiger partial charge is 0.493 e. The molecule has 1 saturated heterocycles. The fourth-order valence-corrected chi connectivity index (χ4v) is 3.51. The Hall–Kier alpha value is -2.57.